The van der Waals surface area contributed by atoms with E-state index in [9.17, 15) is 13.2 Å². The summed E-state index contributed by atoms with van der Waals surface area (Å²) in [6, 6.07) is 13.9. The Balaban J connectivity index is 1.93. The molecule has 8 heteroatoms. The zero-order chi connectivity index (χ0) is 21.2. The van der Waals surface area contributed by atoms with Crippen LogP contribution in [0.15, 0.2) is 57.9 Å². The summed E-state index contributed by atoms with van der Waals surface area (Å²) < 4.78 is 29.4. The SMILES string of the molecule is CCN(c1ccc2sc(C(=O)NCC(C)C)cc2c1)S(=O)(=O)c1ccc(Br)cc1. The summed E-state index contributed by atoms with van der Waals surface area (Å²) in [7, 11) is -3.68. The van der Waals surface area contributed by atoms with Crippen LogP contribution in [0, 0.1) is 5.92 Å². The van der Waals surface area contributed by atoms with Crippen LogP contribution in [0.5, 0.6) is 0 Å². The number of nitrogens with one attached hydrogen (secondary N) is 1. The fourth-order valence-corrected chi connectivity index (χ4v) is 5.60. The lowest BCUT2D eigenvalue weighted by atomic mass is 10.2. The minimum Gasteiger partial charge on any atom is -0.351 e. The highest BCUT2D eigenvalue weighted by molar-refractivity contribution is 9.10. The Hall–Kier alpha value is -1.90. The normalized spacial score (nSPS) is 11.8. The number of thiophene rings is 1. The molecule has 1 heterocycles. The van der Waals surface area contributed by atoms with Gasteiger partial charge in [-0.3, -0.25) is 9.10 Å². The first-order valence-electron chi connectivity index (χ1n) is 9.32. The van der Waals surface area contributed by atoms with Crippen LogP contribution in [0.4, 0.5) is 5.69 Å². The predicted octanol–water partition coefficient (Wildman–Crippen LogP) is 5.26. The lowest BCUT2D eigenvalue weighted by Gasteiger charge is -2.23. The highest BCUT2D eigenvalue weighted by Crippen LogP contribution is 2.32. The van der Waals surface area contributed by atoms with Crippen LogP contribution >= 0.6 is 27.3 Å². The van der Waals surface area contributed by atoms with Gasteiger partial charge < -0.3 is 5.32 Å². The van der Waals surface area contributed by atoms with Crippen LogP contribution in [0.3, 0.4) is 0 Å². The summed E-state index contributed by atoms with van der Waals surface area (Å²) in [5.74, 6) is 0.276. The molecule has 0 bridgehead atoms. The lowest BCUT2D eigenvalue weighted by molar-refractivity contribution is 0.0953. The molecule has 5 nitrogen and oxygen atoms in total. The average molecular weight is 495 g/mol. The summed E-state index contributed by atoms with van der Waals surface area (Å²) in [5, 5.41) is 3.77. The number of carbonyl (C=O) groups is 1. The summed E-state index contributed by atoms with van der Waals surface area (Å²) in [6.45, 7) is 6.81. The van der Waals surface area contributed by atoms with E-state index in [1.165, 1.54) is 15.6 Å². The number of hydrogen-bond donors (Lipinski definition) is 1. The van der Waals surface area contributed by atoms with Gasteiger partial charge in [0, 0.05) is 22.3 Å². The van der Waals surface area contributed by atoms with Crippen LogP contribution in [-0.4, -0.2) is 27.4 Å². The standard InChI is InChI=1S/C21H23BrN2O3S2/c1-4-24(29(26,27)18-8-5-16(22)6-9-18)17-7-10-19-15(11-17)12-20(28-19)21(25)23-13-14(2)3/h5-12,14H,4,13H2,1-3H3,(H,23,25). The zero-order valence-corrected chi connectivity index (χ0v) is 19.7. The molecule has 1 aromatic heterocycles. The molecule has 1 N–H and O–H groups in total. The molecule has 2 aromatic carbocycles. The molecule has 0 radical (unpaired) electrons. The molecule has 3 aromatic rings. The molecule has 154 valence electrons. The van der Waals surface area contributed by atoms with Gasteiger partial charge >= 0.3 is 0 Å². The van der Waals surface area contributed by atoms with Gasteiger partial charge in [0.05, 0.1) is 15.5 Å². The molecular formula is C21H23BrN2O3S2. The average Bonchev–Trinajstić information content (AvgIpc) is 3.10. The van der Waals surface area contributed by atoms with E-state index >= 15 is 0 Å². The van der Waals surface area contributed by atoms with Crippen molar-refractivity contribution in [2.24, 2.45) is 5.92 Å². The van der Waals surface area contributed by atoms with Gasteiger partial charge in [-0.25, -0.2) is 8.42 Å². The number of benzene rings is 2. The number of halogens is 1. The molecule has 0 atom stereocenters. The van der Waals surface area contributed by atoms with Gasteiger partial charge in [0.15, 0.2) is 0 Å². The molecule has 0 aliphatic rings. The molecule has 3 rings (SSSR count). The van der Waals surface area contributed by atoms with Gasteiger partial charge in [-0.05, 0) is 66.8 Å². The second-order valence-electron chi connectivity index (χ2n) is 7.06. The first kappa shape index (κ1) is 21.8. The van der Waals surface area contributed by atoms with Gasteiger partial charge in [-0.2, -0.15) is 0 Å². The van der Waals surface area contributed by atoms with E-state index in [1.807, 2.05) is 32.0 Å². The van der Waals surface area contributed by atoms with Crippen LogP contribution in [-0.2, 0) is 10.0 Å². The lowest BCUT2D eigenvalue weighted by Crippen LogP contribution is -2.30. The van der Waals surface area contributed by atoms with Gasteiger partial charge in [0.1, 0.15) is 0 Å². The Morgan fingerprint density at radius 3 is 2.45 bits per heavy atom. The van der Waals surface area contributed by atoms with Gasteiger partial charge in [0.2, 0.25) is 0 Å². The second kappa shape index (κ2) is 8.85. The van der Waals surface area contributed by atoms with E-state index in [0.717, 1.165) is 14.6 Å². The molecule has 0 unspecified atom stereocenters. The van der Waals surface area contributed by atoms with Crippen LogP contribution in [0.1, 0.15) is 30.4 Å². The second-order valence-corrected chi connectivity index (χ2v) is 10.9. The predicted molar refractivity (Wildman–Crippen MR) is 123 cm³/mol. The maximum Gasteiger partial charge on any atom is 0.264 e. The molecule has 0 spiro atoms. The summed E-state index contributed by atoms with van der Waals surface area (Å²) in [5.41, 5.74) is 0.579. The Morgan fingerprint density at radius 1 is 1.14 bits per heavy atom. The van der Waals surface area contributed by atoms with E-state index < -0.39 is 10.0 Å². The van der Waals surface area contributed by atoms with Crippen molar-refractivity contribution >= 4 is 59.0 Å². The Bertz CT molecular complexity index is 1120. The van der Waals surface area contributed by atoms with Crippen LogP contribution in [0.2, 0.25) is 0 Å². The third kappa shape index (κ3) is 4.82. The minimum atomic E-state index is -3.68. The first-order chi connectivity index (χ1) is 13.7. The number of anilines is 1. The largest absolute Gasteiger partial charge is 0.351 e. The van der Waals surface area contributed by atoms with Crippen molar-refractivity contribution in [1.29, 1.82) is 0 Å². The fourth-order valence-electron chi connectivity index (χ4n) is 2.91. The smallest absolute Gasteiger partial charge is 0.264 e. The molecule has 0 saturated carbocycles. The minimum absolute atomic E-state index is 0.101. The van der Waals surface area contributed by atoms with Crippen molar-refractivity contribution in [3.05, 3.63) is 57.9 Å². The van der Waals surface area contributed by atoms with Gasteiger partial charge in [0.25, 0.3) is 15.9 Å². The fraction of sp³-hybridized carbons (Fsp3) is 0.286. The van der Waals surface area contributed by atoms with Crippen molar-refractivity contribution < 1.29 is 13.2 Å². The number of fused-ring (bicyclic) bond motifs is 1. The van der Waals surface area contributed by atoms with Crippen molar-refractivity contribution in [3.8, 4) is 0 Å². The van der Waals surface area contributed by atoms with Crippen molar-refractivity contribution in [2.45, 2.75) is 25.7 Å². The number of carbonyl (C=O) groups excluding carboxylic acids is 1. The Kier molecular flexibility index (Phi) is 6.65. The van der Waals surface area contributed by atoms with Gasteiger partial charge in [-0.15, -0.1) is 11.3 Å². The maximum atomic E-state index is 13.1. The number of nitrogens with zero attached hydrogens (tertiary/aromatic N) is 1. The maximum absolute atomic E-state index is 13.1. The number of sulfonamides is 1. The highest BCUT2D eigenvalue weighted by atomic mass is 79.9. The number of rotatable bonds is 7. The molecule has 0 aliphatic carbocycles. The summed E-state index contributed by atoms with van der Waals surface area (Å²) in [4.78, 5) is 13.2. The molecule has 29 heavy (non-hydrogen) atoms. The third-order valence-corrected chi connectivity index (χ3v) is 7.93. The summed E-state index contributed by atoms with van der Waals surface area (Å²) in [6.07, 6.45) is 0. The Morgan fingerprint density at radius 2 is 1.83 bits per heavy atom. The molecule has 1 amide bonds. The van der Waals surface area contributed by atoms with E-state index in [2.05, 4.69) is 21.2 Å². The van der Waals surface area contributed by atoms with Crippen molar-refractivity contribution in [2.75, 3.05) is 17.4 Å². The number of hydrogen-bond acceptors (Lipinski definition) is 4. The molecular weight excluding hydrogens is 472 g/mol. The summed E-state index contributed by atoms with van der Waals surface area (Å²) >= 11 is 4.74. The zero-order valence-electron chi connectivity index (χ0n) is 16.5. The van der Waals surface area contributed by atoms with E-state index in [0.29, 0.717) is 29.6 Å². The van der Waals surface area contributed by atoms with E-state index in [1.54, 1.807) is 37.3 Å². The van der Waals surface area contributed by atoms with Crippen molar-refractivity contribution in [1.82, 2.24) is 5.32 Å². The van der Waals surface area contributed by atoms with Crippen molar-refractivity contribution in [3.63, 3.8) is 0 Å². The van der Waals surface area contributed by atoms with Crippen LogP contribution in [0.25, 0.3) is 10.1 Å². The van der Waals surface area contributed by atoms with Crippen LogP contribution < -0.4 is 9.62 Å². The quantitative estimate of drug-likeness (QED) is 0.486. The van der Waals surface area contributed by atoms with E-state index in [-0.39, 0.29) is 10.8 Å². The van der Waals surface area contributed by atoms with E-state index in [4.69, 9.17) is 0 Å². The highest BCUT2D eigenvalue weighted by Gasteiger charge is 2.24. The molecule has 0 saturated heterocycles. The molecule has 0 aliphatic heterocycles. The first-order valence-corrected chi connectivity index (χ1v) is 12.4. The topological polar surface area (TPSA) is 66.5 Å². The number of amides is 1. The third-order valence-electron chi connectivity index (χ3n) is 4.37. The van der Waals surface area contributed by atoms with Gasteiger partial charge in [-0.1, -0.05) is 29.8 Å². The Labute approximate surface area is 183 Å². The molecule has 0 fully saturated rings. The monoisotopic (exact) mass is 494 g/mol.